The molecule has 0 radical (unpaired) electrons. The van der Waals surface area contributed by atoms with Crippen molar-refractivity contribution >= 4 is 41.3 Å². The van der Waals surface area contributed by atoms with E-state index >= 15 is 0 Å². The maximum absolute atomic E-state index is 12.0. The van der Waals surface area contributed by atoms with Gasteiger partial charge in [-0.05, 0) is 30.7 Å². The van der Waals surface area contributed by atoms with Crippen LogP contribution in [0.1, 0.15) is 22.6 Å². The standard InChI is InChI=1S/C20H21N3O6S2/c1-2-28-17-10-13(9-16(19(17)25)23(26)27)11-21-22-18(24)12-29-15-5-3-14(4-6-15)20-30-7-8-31-20/h3-6,9-11,20,25H,2,7-8,12H2,1H3,(H,22,24)/b21-11-. The average molecular weight is 464 g/mol. The Kier molecular flexibility index (Phi) is 8.01. The van der Waals surface area contributed by atoms with Crippen LogP contribution in [0.4, 0.5) is 5.69 Å². The number of phenols is 1. The quantitative estimate of drug-likeness (QED) is 0.328. The summed E-state index contributed by atoms with van der Waals surface area (Å²) in [5.41, 5.74) is 3.29. The minimum Gasteiger partial charge on any atom is -0.500 e. The molecule has 2 aromatic rings. The molecular weight excluding hydrogens is 442 g/mol. The molecule has 11 heteroatoms. The lowest BCUT2D eigenvalue weighted by Gasteiger charge is -2.10. The summed E-state index contributed by atoms with van der Waals surface area (Å²) in [6, 6.07) is 10.2. The van der Waals surface area contributed by atoms with E-state index in [1.807, 2.05) is 47.8 Å². The van der Waals surface area contributed by atoms with E-state index in [9.17, 15) is 20.0 Å². The van der Waals surface area contributed by atoms with Gasteiger partial charge < -0.3 is 14.6 Å². The van der Waals surface area contributed by atoms with Gasteiger partial charge in [0, 0.05) is 23.1 Å². The number of rotatable bonds is 9. The molecule has 1 heterocycles. The van der Waals surface area contributed by atoms with Crippen LogP contribution >= 0.6 is 23.5 Å². The first-order valence-corrected chi connectivity index (χ1v) is 11.5. The lowest BCUT2D eigenvalue weighted by molar-refractivity contribution is -0.386. The van der Waals surface area contributed by atoms with Gasteiger partial charge in [0.15, 0.2) is 12.4 Å². The molecule has 1 aliphatic heterocycles. The number of phenolic OH excluding ortho intramolecular Hbond substituents is 1. The number of thioether (sulfide) groups is 2. The Hall–Kier alpha value is -2.92. The fraction of sp³-hybridized carbons (Fsp3) is 0.300. The third-order valence-corrected chi connectivity index (χ3v) is 7.22. The first-order chi connectivity index (χ1) is 15.0. The molecule has 9 nitrogen and oxygen atoms in total. The van der Waals surface area contributed by atoms with Crippen molar-refractivity contribution in [2.24, 2.45) is 5.10 Å². The van der Waals surface area contributed by atoms with Gasteiger partial charge in [-0.2, -0.15) is 5.10 Å². The molecule has 2 N–H and O–H groups in total. The predicted octanol–water partition coefficient (Wildman–Crippen LogP) is 3.71. The van der Waals surface area contributed by atoms with E-state index in [1.54, 1.807) is 6.92 Å². The lowest BCUT2D eigenvalue weighted by atomic mass is 10.2. The Morgan fingerprint density at radius 3 is 2.65 bits per heavy atom. The summed E-state index contributed by atoms with van der Waals surface area (Å²) < 4.78 is 11.1. The van der Waals surface area contributed by atoms with Gasteiger partial charge in [-0.1, -0.05) is 12.1 Å². The molecular formula is C20H21N3O6S2. The van der Waals surface area contributed by atoms with Crippen LogP contribution in [0.3, 0.4) is 0 Å². The highest BCUT2D eigenvalue weighted by Crippen LogP contribution is 2.45. The van der Waals surface area contributed by atoms with E-state index < -0.39 is 22.3 Å². The van der Waals surface area contributed by atoms with Crippen LogP contribution in [0.25, 0.3) is 0 Å². The fourth-order valence-corrected chi connectivity index (χ4v) is 5.58. The zero-order valence-corrected chi connectivity index (χ0v) is 18.3. The number of carbonyl (C=O) groups excluding carboxylic acids is 1. The molecule has 0 saturated carbocycles. The van der Waals surface area contributed by atoms with Crippen molar-refractivity contribution in [1.29, 1.82) is 0 Å². The van der Waals surface area contributed by atoms with Gasteiger partial charge in [0.1, 0.15) is 5.75 Å². The molecule has 1 aliphatic rings. The minimum absolute atomic E-state index is 0.0364. The summed E-state index contributed by atoms with van der Waals surface area (Å²) in [7, 11) is 0. The molecule has 0 atom stereocenters. The molecule has 0 bridgehead atoms. The second kappa shape index (κ2) is 10.9. The van der Waals surface area contributed by atoms with Crippen LogP contribution < -0.4 is 14.9 Å². The second-order valence-corrected chi connectivity index (χ2v) is 9.03. The van der Waals surface area contributed by atoms with Crippen molar-refractivity contribution in [3.8, 4) is 17.2 Å². The van der Waals surface area contributed by atoms with E-state index in [0.717, 1.165) is 17.6 Å². The van der Waals surface area contributed by atoms with Crippen molar-refractivity contribution in [2.75, 3.05) is 24.7 Å². The maximum atomic E-state index is 12.0. The lowest BCUT2D eigenvalue weighted by Crippen LogP contribution is -2.24. The second-order valence-electron chi connectivity index (χ2n) is 6.30. The summed E-state index contributed by atoms with van der Waals surface area (Å²) >= 11 is 3.83. The van der Waals surface area contributed by atoms with E-state index in [2.05, 4.69) is 10.5 Å². The Morgan fingerprint density at radius 2 is 2.00 bits per heavy atom. The number of nitro groups is 1. The van der Waals surface area contributed by atoms with Crippen LogP contribution in [0.15, 0.2) is 41.5 Å². The molecule has 0 unspecified atom stereocenters. The summed E-state index contributed by atoms with van der Waals surface area (Å²) in [6.45, 7) is 1.68. The number of aromatic hydroxyl groups is 1. The highest BCUT2D eigenvalue weighted by molar-refractivity contribution is 8.19. The zero-order chi connectivity index (χ0) is 22.2. The molecule has 3 rings (SSSR count). The first kappa shape index (κ1) is 22.8. The Bertz CT molecular complexity index is 962. The van der Waals surface area contributed by atoms with E-state index in [-0.39, 0.29) is 24.5 Å². The van der Waals surface area contributed by atoms with Gasteiger partial charge in [-0.15, -0.1) is 23.5 Å². The largest absolute Gasteiger partial charge is 0.500 e. The molecule has 31 heavy (non-hydrogen) atoms. The number of nitro benzene ring substituents is 1. The third kappa shape index (κ3) is 6.28. The minimum atomic E-state index is -0.725. The third-order valence-electron chi connectivity index (χ3n) is 4.12. The number of nitrogens with zero attached hydrogens (tertiary/aromatic N) is 2. The number of hydrogen-bond acceptors (Lipinski definition) is 9. The topological polar surface area (TPSA) is 123 Å². The van der Waals surface area contributed by atoms with Gasteiger partial charge in [-0.25, -0.2) is 5.43 Å². The summed E-state index contributed by atoms with van der Waals surface area (Å²) in [5, 5.41) is 24.8. The van der Waals surface area contributed by atoms with E-state index in [0.29, 0.717) is 10.3 Å². The Balaban J connectivity index is 1.53. The number of nitrogens with one attached hydrogen (secondary N) is 1. The molecule has 164 valence electrons. The first-order valence-electron chi connectivity index (χ1n) is 9.40. The van der Waals surface area contributed by atoms with Crippen molar-refractivity contribution in [3.05, 3.63) is 57.6 Å². The molecule has 0 aliphatic carbocycles. The summed E-state index contributed by atoms with van der Waals surface area (Å²) in [4.78, 5) is 22.3. The number of carbonyl (C=O) groups is 1. The van der Waals surface area contributed by atoms with Crippen LogP contribution in [0, 0.1) is 10.1 Å². The van der Waals surface area contributed by atoms with Crippen LogP contribution in [0.2, 0.25) is 0 Å². The summed E-state index contributed by atoms with van der Waals surface area (Å²) in [5.74, 6) is 1.80. The van der Waals surface area contributed by atoms with E-state index in [1.165, 1.54) is 17.8 Å². The number of hydrazone groups is 1. The Labute approximate surface area is 187 Å². The van der Waals surface area contributed by atoms with Gasteiger partial charge in [-0.3, -0.25) is 14.9 Å². The van der Waals surface area contributed by atoms with E-state index in [4.69, 9.17) is 9.47 Å². The average Bonchev–Trinajstić information content (AvgIpc) is 3.29. The maximum Gasteiger partial charge on any atom is 0.315 e. The predicted molar refractivity (Wildman–Crippen MR) is 121 cm³/mol. The number of amides is 1. The van der Waals surface area contributed by atoms with Crippen molar-refractivity contribution in [3.63, 3.8) is 0 Å². The van der Waals surface area contributed by atoms with Crippen molar-refractivity contribution < 1.29 is 24.3 Å². The van der Waals surface area contributed by atoms with Gasteiger partial charge in [0.2, 0.25) is 5.75 Å². The smallest absolute Gasteiger partial charge is 0.315 e. The highest BCUT2D eigenvalue weighted by Gasteiger charge is 2.20. The number of ether oxygens (including phenoxy) is 2. The van der Waals surface area contributed by atoms with Crippen molar-refractivity contribution in [2.45, 2.75) is 11.5 Å². The highest BCUT2D eigenvalue weighted by atomic mass is 32.2. The molecule has 1 amide bonds. The monoisotopic (exact) mass is 463 g/mol. The van der Waals surface area contributed by atoms with Crippen molar-refractivity contribution in [1.82, 2.24) is 5.43 Å². The molecule has 0 spiro atoms. The van der Waals surface area contributed by atoms with Gasteiger partial charge >= 0.3 is 5.69 Å². The number of hydrogen-bond donors (Lipinski definition) is 2. The summed E-state index contributed by atoms with van der Waals surface area (Å²) in [6.07, 6.45) is 1.22. The molecule has 1 saturated heterocycles. The zero-order valence-electron chi connectivity index (χ0n) is 16.6. The molecule has 0 aromatic heterocycles. The molecule has 1 fully saturated rings. The van der Waals surface area contributed by atoms with Crippen LogP contribution in [0.5, 0.6) is 17.2 Å². The Morgan fingerprint density at radius 1 is 1.29 bits per heavy atom. The normalized spacial score (nSPS) is 14.0. The van der Waals surface area contributed by atoms with Gasteiger partial charge in [0.25, 0.3) is 5.91 Å². The number of benzene rings is 2. The molecule has 2 aromatic carbocycles. The van der Waals surface area contributed by atoms with Gasteiger partial charge in [0.05, 0.1) is 22.3 Å². The fourth-order valence-electron chi connectivity index (χ4n) is 2.73. The van der Waals surface area contributed by atoms with Crippen LogP contribution in [-0.2, 0) is 4.79 Å². The van der Waals surface area contributed by atoms with Crippen LogP contribution in [-0.4, -0.2) is 46.9 Å². The SMILES string of the molecule is CCOc1cc(/C=N\NC(=O)COc2ccc(C3SCCS3)cc2)cc([N+](=O)[O-])c1O.